The molecular formula is C20H15ClF2N4O3. The minimum Gasteiger partial charge on any atom is -0.390 e. The van der Waals surface area contributed by atoms with Crippen molar-refractivity contribution in [3.05, 3.63) is 81.5 Å². The molecule has 1 aliphatic rings. The maximum atomic E-state index is 13.4. The lowest BCUT2D eigenvalue weighted by atomic mass is 10.1. The van der Waals surface area contributed by atoms with E-state index in [1.807, 2.05) is 24.3 Å². The van der Waals surface area contributed by atoms with Crippen molar-refractivity contribution in [2.75, 3.05) is 5.32 Å². The van der Waals surface area contributed by atoms with E-state index in [0.717, 1.165) is 11.1 Å². The molecular weight excluding hydrogens is 418 g/mol. The zero-order valence-electron chi connectivity index (χ0n) is 15.2. The predicted octanol–water partition coefficient (Wildman–Crippen LogP) is 2.98. The van der Waals surface area contributed by atoms with Crippen LogP contribution in [0.3, 0.4) is 0 Å². The first-order valence-corrected chi connectivity index (χ1v) is 9.29. The van der Waals surface area contributed by atoms with Crippen molar-refractivity contribution >= 4 is 29.2 Å². The van der Waals surface area contributed by atoms with Crippen molar-refractivity contribution < 1.29 is 23.5 Å². The third-order valence-electron chi connectivity index (χ3n) is 4.80. The van der Waals surface area contributed by atoms with E-state index in [2.05, 4.69) is 20.8 Å². The van der Waals surface area contributed by atoms with Gasteiger partial charge in [-0.3, -0.25) is 14.7 Å². The van der Waals surface area contributed by atoms with Crippen LogP contribution in [0, 0.1) is 11.6 Å². The standard InChI is InChI=1S/C20H15ClF2N4O3/c21-12-7-14(23)13(22)6-11(12)19(29)24-17-8-15(26-27-17)20(30)25-18-10-4-2-1-3-9(10)5-16(18)28/h1-4,6-8,16,18,28H,5H2,(H,25,30)(H2,24,26,27,29)/t16-,18+/m0/s1. The Hall–Kier alpha value is -3.30. The summed E-state index contributed by atoms with van der Waals surface area (Å²) >= 11 is 5.79. The smallest absolute Gasteiger partial charge is 0.272 e. The molecule has 0 saturated carbocycles. The molecule has 2 amide bonds. The third kappa shape index (κ3) is 3.77. The van der Waals surface area contributed by atoms with Gasteiger partial charge in [0.15, 0.2) is 17.3 Å². The van der Waals surface area contributed by atoms with Crippen LogP contribution in [-0.2, 0) is 6.42 Å². The number of amides is 2. The largest absolute Gasteiger partial charge is 0.390 e. The van der Waals surface area contributed by atoms with Gasteiger partial charge in [0.05, 0.1) is 22.7 Å². The van der Waals surface area contributed by atoms with Gasteiger partial charge >= 0.3 is 0 Å². The Morgan fingerprint density at radius 3 is 2.67 bits per heavy atom. The number of nitrogens with zero attached hydrogens (tertiary/aromatic N) is 1. The molecule has 30 heavy (non-hydrogen) atoms. The Morgan fingerprint density at radius 1 is 1.13 bits per heavy atom. The van der Waals surface area contributed by atoms with Gasteiger partial charge in [0.2, 0.25) is 0 Å². The average Bonchev–Trinajstić information content (AvgIpc) is 3.29. The summed E-state index contributed by atoms with van der Waals surface area (Å²) in [5, 5.41) is 21.4. The molecule has 1 aromatic heterocycles. The van der Waals surface area contributed by atoms with Gasteiger partial charge < -0.3 is 15.7 Å². The summed E-state index contributed by atoms with van der Waals surface area (Å²) in [6.07, 6.45) is -0.335. The lowest BCUT2D eigenvalue weighted by Crippen LogP contribution is -2.34. The SMILES string of the molecule is O=C(N[C@@H]1c2ccccc2C[C@@H]1O)c1cc(NC(=O)c2cc(F)c(F)cc2Cl)[nH]n1. The Bertz CT molecular complexity index is 1150. The second-order valence-corrected chi connectivity index (χ2v) is 7.20. The number of aromatic amines is 1. The number of anilines is 1. The van der Waals surface area contributed by atoms with Gasteiger partial charge in [0.1, 0.15) is 5.82 Å². The predicted molar refractivity (Wildman–Crippen MR) is 104 cm³/mol. The van der Waals surface area contributed by atoms with Crippen molar-refractivity contribution in [2.24, 2.45) is 0 Å². The number of nitrogens with one attached hydrogen (secondary N) is 3. The number of aliphatic hydroxyl groups excluding tert-OH is 1. The zero-order chi connectivity index (χ0) is 21.4. The molecule has 0 spiro atoms. The lowest BCUT2D eigenvalue weighted by molar-refractivity contribution is 0.0853. The molecule has 0 saturated heterocycles. The van der Waals surface area contributed by atoms with Crippen LogP contribution >= 0.6 is 11.6 Å². The fourth-order valence-electron chi connectivity index (χ4n) is 3.35. The molecule has 0 radical (unpaired) electrons. The highest BCUT2D eigenvalue weighted by Crippen LogP contribution is 2.31. The molecule has 2 atom stereocenters. The number of carbonyl (C=O) groups is 2. The van der Waals surface area contributed by atoms with Crippen LogP contribution in [0.25, 0.3) is 0 Å². The first-order valence-electron chi connectivity index (χ1n) is 8.91. The molecule has 0 fully saturated rings. The topological polar surface area (TPSA) is 107 Å². The monoisotopic (exact) mass is 432 g/mol. The molecule has 0 unspecified atom stereocenters. The first kappa shape index (κ1) is 20.0. The van der Waals surface area contributed by atoms with Crippen molar-refractivity contribution in [3.63, 3.8) is 0 Å². The molecule has 0 bridgehead atoms. The highest BCUT2D eigenvalue weighted by atomic mass is 35.5. The number of H-pyrrole nitrogens is 1. The van der Waals surface area contributed by atoms with E-state index in [9.17, 15) is 23.5 Å². The Balaban J connectivity index is 1.46. The fourth-order valence-corrected chi connectivity index (χ4v) is 3.59. The van der Waals surface area contributed by atoms with E-state index in [-0.39, 0.29) is 22.1 Å². The van der Waals surface area contributed by atoms with Crippen LogP contribution < -0.4 is 10.6 Å². The molecule has 1 heterocycles. The van der Waals surface area contributed by atoms with Crippen molar-refractivity contribution in [1.29, 1.82) is 0 Å². The summed E-state index contributed by atoms with van der Waals surface area (Å²) in [7, 11) is 0. The van der Waals surface area contributed by atoms with E-state index in [0.29, 0.717) is 18.6 Å². The average molecular weight is 433 g/mol. The van der Waals surface area contributed by atoms with Crippen LogP contribution in [0.1, 0.15) is 38.0 Å². The summed E-state index contributed by atoms with van der Waals surface area (Å²) < 4.78 is 26.6. The molecule has 154 valence electrons. The maximum Gasteiger partial charge on any atom is 0.272 e. The highest BCUT2D eigenvalue weighted by molar-refractivity contribution is 6.34. The number of benzene rings is 2. The van der Waals surface area contributed by atoms with E-state index < -0.39 is 35.6 Å². The normalized spacial score (nSPS) is 17.5. The minimum atomic E-state index is -1.22. The second kappa shape index (κ2) is 7.85. The van der Waals surface area contributed by atoms with Gasteiger partial charge in [-0.2, -0.15) is 5.10 Å². The van der Waals surface area contributed by atoms with E-state index >= 15 is 0 Å². The van der Waals surface area contributed by atoms with Gasteiger partial charge in [-0.15, -0.1) is 0 Å². The number of hydrogen-bond acceptors (Lipinski definition) is 4. The van der Waals surface area contributed by atoms with Crippen LogP contribution in [0.2, 0.25) is 5.02 Å². The quantitative estimate of drug-likeness (QED) is 0.475. The van der Waals surface area contributed by atoms with Gasteiger partial charge in [0, 0.05) is 12.5 Å². The number of aromatic nitrogens is 2. The van der Waals surface area contributed by atoms with Gasteiger partial charge in [-0.05, 0) is 23.3 Å². The number of rotatable bonds is 4. The van der Waals surface area contributed by atoms with Crippen molar-refractivity contribution in [2.45, 2.75) is 18.6 Å². The summed E-state index contributed by atoms with van der Waals surface area (Å²) in [4.78, 5) is 24.8. The Kier molecular flexibility index (Phi) is 5.23. The van der Waals surface area contributed by atoms with Crippen LogP contribution in [0.5, 0.6) is 0 Å². The van der Waals surface area contributed by atoms with Crippen LogP contribution in [-0.4, -0.2) is 33.2 Å². The fraction of sp³-hybridized carbons (Fsp3) is 0.150. The first-order chi connectivity index (χ1) is 14.3. The Labute approximate surface area is 174 Å². The molecule has 0 aliphatic heterocycles. The summed E-state index contributed by atoms with van der Waals surface area (Å²) in [6, 6.07) is 9.46. The van der Waals surface area contributed by atoms with Gasteiger partial charge in [0.25, 0.3) is 11.8 Å². The highest BCUT2D eigenvalue weighted by Gasteiger charge is 2.32. The van der Waals surface area contributed by atoms with Crippen LogP contribution in [0.4, 0.5) is 14.6 Å². The lowest BCUT2D eigenvalue weighted by Gasteiger charge is -2.17. The maximum absolute atomic E-state index is 13.4. The van der Waals surface area contributed by atoms with Gasteiger partial charge in [-0.25, -0.2) is 8.78 Å². The second-order valence-electron chi connectivity index (χ2n) is 6.79. The zero-order valence-corrected chi connectivity index (χ0v) is 16.0. The molecule has 4 rings (SSSR count). The number of fused-ring (bicyclic) bond motifs is 1. The van der Waals surface area contributed by atoms with E-state index in [1.54, 1.807) is 0 Å². The molecule has 7 nitrogen and oxygen atoms in total. The number of halogens is 3. The van der Waals surface area contributed by atoms with Crippen molar-refractivity contribution in [1.82, 2.24) is 15.5 Å². The minimum absolute atomic E-state index is 0.0294. The number of hydrogen-bond donors (Lipinski definition) is 4. The van der Waals surface area contributed by atoms with E-state index in [4.69, 9.17) is 11.6 Å². The summed E-state index contributed by atoms with van der Waals surface area (Å²) in [5.74, 6) is -3.70. The summed E-state index contributed by atoms with van der Waals surface area (Å²) in [5.41, 5.74) is 1.48. The summed E-state index contributed by atoms with van der Waals surface area (Å²) in [6.45, 7) is 0. The molecule has 1 aliphatic carbocycles. The molecule has 3 aromatic rings. The molecule has 2 aromatic carbocycles. The van der Waals surface area contributed by atoms with Gasteiger partial charge in [-0.1, -0.05) is 35.9 Å². The molecule has 4 N–H and O–H groups in total. The van der Waals surface area contributed by atoms with E-state index in [1.165, 1.54) is 6.07 Å². The van der Waals surface area contributed by atoms with Crippen LogP contribution in [0.15, 0.2) is 42.5 Å². The van der Waals surface area contributed by atoms with Crippen molar-refractivity contribution in [3.8, 4) is 0 Å². The number of carbonyl (C=O) groups excluding carboxylic acids is 2. The molecule has 10 heteroatoms. The Morgan fingerprint density at radius 2 is 1.87 bits per heavy atom. The third-order valence-corrected chi connectivity index (χ3v) is 5.12. The number of aliphatic hydroxyl groups is 1.